The molecule has 0 aliphatic carbocycles. The van der Waals surface area contributed by atoms with Gasteiger partial charge in [-0.2, -0.15) is 0 Å². The fourth-order valence-corrected chi connectivity index (χ4v) is 2.71. The maximum Gasteiger partial charge on any atom is 0.237 e. The molecule has 4 heteroatoms. The summed E-state index contributed by atoms with van der Waals surface area (Å²) in [5.41, 5.74) is 1.04. The molecule has 0 aromatic heterocycles. The van der Waals surface area contributed by atoms with Gasteiger partial charge >= 0.3 is 0 Å². The van der Waals surface area contributed by atoms with E-state index in [2.05, 4.69) is 16.8 Å². The van der Waals surface area contributed by atoms with Crippen molar-refractivity contribution in [2.24, 2.45) is 0 Å². The third kappa shape index (κ3) is 5.33. The molecule has 1 unspecified atom stereocenters. The van der Waals surface area contributed by atoms with Crippen molar-refractivity contribution in [1.82, 2.24) is 15.1 Å². The molecule has 1 fully saturated rings. The van der Waals surface area contributed by atoms with Crippen LogP contribution in [-0.2, 0) is 4.79 Å². The first-order valence-corrected chi connectivity index (χ1v) is 7.39. The van der Waals surface area contributed by atoms with Gasteiger partial charge in [-0.15, -0.1) is 0 Å². The second-order valence-electron chi connectivity index (χ2n) is 5.54. The van der Waals surface area contributed by atoms with E-state index in [1.54, 1.807) is 0 Å². The molecular weight excluding hydrogens is 238 g/mol. The van der Waals surface area contributed by atoms with Gasteiger partial charge in [-0.1, -0.05) is 18.6 Å². The third-order valence-corrected chi connectivity index (χ3v) is 3.72. The second-order valence-corrected chi connectivity index (χ2v) is 5.54. The lowest BCUT2D eigenvalue weighted by Gasteiger charge is -2.36. The Morgan fingerprint density at radius 2 is 2.21 bits per heavy atom. The highest BCUT2D eigenvalue weighted by Gasteiger charge is 2.25. The molecule has 4 nitrogen and oxygen atoms in total. The van der Waals surface area contributed by atoms with E-state index in [1.165, 1.54) is 19.3 Å². The Kier molecular flexibility index (Phi) is 7.10. The molecule has 0 spiro atoms. The number of hydrogen-bond acceptors (Lipinski definition) is 3. The van der Waals surface area contributed by atoms with Crippen molar-refractivity contribution >= 4 is 5.91 Å². The van der Waals surface area contributed by atoms with Crippen LogP contribution in [0.15, 0.2) is 12.2 Å². The standard InChI is InChI=1S/C15H29N3O/c1-5-17(11-13(2)3)15(19)12-18-9-7-6-8-14(18)10-16-4/h14,16H,2,5-12H2,1,3-4H3. The van der Waals surface area contributed by atoms with Crippen molar-refractivity contribution in [3.8, 4) is 0 Å². The second kappa shape index (κ2) is 8.33. The Balaban J connectivity index is 2.54. The van der Waals surface area contributed by atoms with Crippen LogP contribution in [0.2, 0.25) is 0 Å². The first-order chi connectivity index (χ1) is 9.08. The molecule has 1 aliphatic heterocycles. The van der Waals surface area contributed by atoms with Crippen LogP contribution >= 0.6 is 0 Å². The molecule has 0 bridgehead atoms. The van der Waals surface area contributed by atoms with Crippen LogP contribution in [0, 0.1) is 0 Å². The normalized spacial score (nSPS) is 20.3. The molecule has 1 N–H and O–H groups in total. The molecule has 1 saturated heterocycles. The van der Waals surface area contributed by atoms with Crippen molar-refractivity contribution in [3.05, 3.63) is 12.2 Å². The summed E-state index contributed by atoms with van der Waals surface area (Å²) in [7, 11) is 1.98. The molecular formula is C15H29N3O. The Bertz CT molecular complexity index is 302. The minimum Gasteiger partial charge on any atom is -0.338 e. The SMILES string of the molecule is C=C(C)CN(CC)C(=O)CN1CCCCC1CNC. The average Bonchev–Trinajstić information content (AvgIpc) is 2.38. The van der Waals surface area contributed by atoms with E-state index in [0.29, 0.717) is 19.1 Å². The quantitative estimate of drug-likeness (QED) is 0.710. The molecule has 1 heterocycles. The predicted octanol–water partition coefficient (Wildman–Crippen LogP) is 1.48. The van der Waals surface area contributed by atoms with E-state index >= 15 is 0 Å². The molecule has 110 valence electrons. The van der Waals surface area contributed by atoms with Crippen LogP contribution in [0.1, 0.15) is 33.1 Å². The van der Waals surface area contributed by atoms with Gasteiger partial charge in [0, 0.05) is 25.7 Å². The van der Waals surface area contributed by atoms with Crippen molar-refractivity contribution in [2.75, 3.05) is 39.8 Å². The minimum absolute atomic E-state index is 0.230. The van der Waals surface area contributed by atoms with Crippen molar-refractivity contribution in [3.63, 3.8) is 0 Å². The van der Waals surface area contributed by atoms with E-state index in [9.17, 15) is 4.79 Å². The zero-order chi connectivity index (χ0) is 14.3. The van der Waals surface area contributed by atoms with Crippen LogP contribution < -0.4 is 5.32 Å². The molecule has 0 saturated carbocycles. The summed E-state index contributed by atoms with van der Waals surface area (Å²) in [6.07, 6.45) is 3.68. The smallest absolute Gasteiger partial charge is 0.237 e. The summed E-state index contributed by atoms with van der Waals surface area (Å²) < 4.78 is 0. The minimum atomic E-state index is 0.230. The van der Waals surface area contributed by atoms with Crippen LogP contribution in [-0.4, -0.2) is 61.5 Å². The lowest BCUT2D eigenvalue weighted by molar-refractivity contribution is -0.132. The number of carbonyl (C=O) groups excluding carboxylic acids is 1. The number of carbonyl (C=O) groups is 1. The molecule has 1 amide bonds. The lowest BCUT2D eigenvalue weighted by atomic mass is 10.0. The largest absolute Gasteiger partial charge is 0.338 e. The molecule has 19 heavy (non-hydrogen) atoms. The number of likely N-dealkylation sites (N-methyl/N-ethyl adjacent to an activating group) is 2. The van der Waals surface area contributed by atoms with Crippen LogP contribution in [0.3, 0.4) is 0 Å². The molecule has 1 rings (SSSR count). The highest BCUT2D eigenvalue weighted by Crippen LogP contribution is 2.16. The number of amides is 1. The zero-order valence-corrected chi connectivity index (χ0v) is 12.7. The first kappa shape index (κ1) is 16.2. The van der Waals surface area contributed by atoms with Gasteiger partial charge in [-0.3, -0.25) is 9.69 Å². The maximum atomic E-state index is 12.4. The Morgan fingerprint density at radius 1 is 1.47 bits per heavy atom. The lowest BCUT2D eigenvalue weighted by Crippen LogP contribution is -2.50. The Hall–Kier alpha value is -0.870. The molecule has 0 aromatic carbocycles. The molecule has 0 aromatic rings. The highest BCUT2D eigenvalue weighted by atomic mass is 16.2. The van der Waals surface area contributed by atoms with Gasteiger partial charge in [0.25, 0.3) is 0 Å². The predicted molar refractivity (Wildman–Crippen MR) is 80.2 cm³/mol. The average molecular weight is 267 g/mol. The van der Waals surface area contributed by atoms with Crippen molar-refractivity contribution < 1.29 is 4.79 Å². The summed E-state index contributed by atoms with van der Waals surface area (Å²) >= 11 is 0. The molecule has 1 atom stereocenters. The first-order valence-electron chi connectivity index (χ1n) is 7.39. The fraction of sp³-hybridized carbons (Fsp3) is 0.800. The molecule has 1 aliphatic rings. The number of piperidine rings is 1. The zero-order valence-electron chi connectivity index (χ0n) is 12.7. The van der Waals surface area contributed by atoms with E-state index in [-0.39, 0.29) is 5.91 Å². The summed E-state index contributed by atoms with van der Waals surface area (Å²) in [5.74, 6) is 0.230. The van der Waals surface area contributed by atoms with E-state index in [4.69, 9.17) is 0 Å². The monoisotopic (exact) mass is 267 g/mol. The fourth-order valence-electron chi connectivity index (χ4n) is 2.71. The van der Waals surface area contributed by atoms with Gasteiger partial charge in [0.2, 0.25) is 5.91 Å². The number of nitrogens with zero attached hydrogens (tertiary/aromatic N) is 2. The summed E-state index contributed by atoms with van der Waals surface area (Å²) in [6, 6.07) is 0.506. The maximum absolute atomic E-state index is 12.4. The van der Waals surface area contributed by atoms with E-state index in [0.717, 1.165) is 25.2 Å². The van der Waals surface area contributed by atoms with Gasteiger partial charge in [0.05, 0.1) is 6.54 Å². The Labute approximate surface area is 117 Å². The third-order valence-electron chi connectivity index (χ3n) is 3.72. The van der Waals surface area contributed by atoms with Crippen molar-refractivity contribution in [2.45, 2.75) is 39.2 Å². The number of rotatable bonds is 7. The van der Waals surface area contributed by atoms with Crippen molar-refractivity contribution in [1.29, 1.82) is 0 Å². The van der Waals surface area contributed by atoms with Crippen LogP contribution in [0.5, 0.6) is 0 Å². The summed E-state index contributed by atoms with van der Waals surface area (Å²) in [4.78, 5) is 16.6. The van der Waals surface area contributed by atoms with Gasteiger partial charge in [0.15, 0.2) is 0 Å². The van der Waals surface area contributed by atoms with E-state index in [1.807, 2.05) is 25.8 Å². The van der Waals surface area contributed by atoms with Crippen LogP contribution in [0.4, 0.5) is 0 Å². The highest BCUT2D eigenvalue weighted by molar-refractivity contribution is 5.78. The van der Waals surface area contributed by atoms with Gasteiger partial charge < -0.3 is 10.2 Å². The Morgan fingerprint density at radius 3 is 2.79 bits per heavy atom. The summed E-state index contributed by atoms with van der Waals surface area (Å²) in [6.45, 7) is 11.9. The van der Waals surface area contributed by atoms with Gasteiger partial charge in [0.1, 0.15) is 0 Å². The number of hydrogen-bond donors (Lipinski definition) is 1. The topological polar surface area (TPSA) is 35.6 Å². The van der Waals surface area contributed by atoms with E-state index < -0.39 is 0 Å². The molecule has 0 radical (unpaired) electrons. The van der Waals surface area contributed by atoms with Gasteiger partial charge in [-0.05, 0) is 40.3 Å². The summed E-state index contributed by atoms with van der Waals surface area (Å²) in [5, 5.41) is 3.24. The number of likely N-dealkylation sites (tertiary alicyclic amines) is 1. The van der Waals surface area contributed by atoms with Crippen LogP contribution in [0.25, 0.3) is 0 Å². The van der Waals surface area contributed by atoms with Gasteiger partial charge in [-0.25, -0.2) is 0 Å². The number of nitrogens with one attached hydrogen (secondary N) is 1.